The van der Waals surface area contributed by atoms with Crippen LogP contribution < -0.4 is 84.1 Å². The van der Waals surface area contributed by atoms with E-state index in [0.717, 1.165) is 25.7 Å². The van der Waals surface area contributed by atoms with Gasteiger partial charge >= 0.3 is 59.1 Å². The number of anilines is 1. The molecule has 0 fully saturated rings. The van der Waals surface area contributed by atoms with Crippen molar-refractivity contribution in [1.29, 1.82) is 0 Å². The van der Waals surface area contributed by atoms with E-state index in [-0.39, 0.29) is 130 Å². The van der Waals surface area contributed by atoms with Crippen LogP contribution in [0, 0.1) is 6.92 Å². The average Bonchev–Trinajstić information content (AvgIpc) is 3.26. The number of rotatable bonds is 50. The van der Waals surface area contributed by atoms with Crippen molar-refractivity contribution >= 4 is 21.1 Å². The summed E-state index contributed by atoms with van der Waals surface area (Å²) in [6, 6.07) is 0. The number of nitrogens with zero attached hydrogens (tertiary/aromatic N) is 2. The quantitative estimate of drug-likeness (QED) is 0.0505. The maximum absolute atomic E-state index is 12.2. The summed E-state index contributed by atoms with van der Waals surface area (Å²) in [5, 5.41) is 0. The SMILES string of the molecule is CCCCCCCCCCCCCCCCOCCOP(=O)([O-])COCCOc1nc(N)nc(OCCOCP(=O)([O-])OCCOCCCCCCCCCCCCCCCC)c1C.[Na+].[Na+]. The summed E-state index contributed by atoms with van der Waals surface area (Å²) in [6.45, 7) is 7.46. The van der Waals surface area contributed by atoms with E-state index in [4.69, 9.17) is 43.2 Å². The summed E-state index contributed by atoms with van der Waals surface area (Å²) >= 11 is 0. The zero-order chi connectivity index (χ0) is 46.7. The number of nitrogen functional groups attached to an aromatic ring is 1. The van der Waals surface area contributed by atoms with Crippen molar-refractivity contribution in [2.45, 2.75) is 201 Å². The van der Waals surface area contributed by atoms with Crippen molar-refractivity contribution in [3.8, 4) is 11.8 Å². The molecule has 0 radical (unpaired) electrons. The van der Waals surface area contributed by atoms with Crippen molar-refractivity contribution < 1.29 is 116 Å². The van der Waals surface area contributed by atoms with Crippen molar-refractivity contribution in [3.05, 3.63) is 5.56 Å². The van der Waals surface area contributed by atoms with Gasteiger partial charge in [0.15, 0.2) is 15.2 Å². The van der Waals surface area contributed by atoms with Crippen molar-refractivity contribution in [2.75, 3.05) is 84.5 Å². The van der Waals surface area contributed by atoms with Gasteiger partial charge in [-0.25, -0.2) is 0 Å². The van der Waals surface area contributed by atoms with Gasteiger partial charge in [0.1, 0.15) is 25.9 Å². The molecule has 0 saturated carbocycles. The Balaban J connectivity index is 0. The molecule has 0 aromatic carbocycles. The van der Waals surface area contributed by atoms with E-state index in [1.165, 1.54) is 154 Å². The molecule has 378 valence electrons. The Morgan fingerprint density at radius 1 is 0.409 bits per heavy atom. The fraction of sp³-hybridized carbons (Fsp3) is 0.915. The van der Waals surface area contributed by atoms with Crippen LogP contribution in [0.15, 0.2) is 0 Å². The Morgan fingerprint density at radius 3 is 0.985 bits per heavy atom. The largest absolute Gasteiger partial charge is 1.00 e. The second-order valence-electron chi connectivity index (χ2n) is 16.9. The van der Waals surface area contributed by atoms with Crippen LogP contribution >= 0.6 is 15.2 Å². The predicted molar refractivity (Wildman–Crippen MR) is 253 cm³/mol. The normalized spacial score (nSPS) is 13.2. The Hall–Kier alpha value is 0.620. The average molecular weight is 998 g/mol. The molecule has 0 spiro atoms. The van der Waals surface area contributed by atoms with Crippen molar-refractivity contribution in [3.63, 3.8) is 0 Å². The molecule has 2 unspecified atom stereocenters. The summed E-state index contributed by atoms with van der Waals surface area (Å²) in [7, 11) is -8.41. The molecular weight excluding hydrogens is 906 g/mol. The van der Waals surface area contributed by atoms with E-state index in [2.05, 4.69) is 23.8 Å². The number of hydrogen-bond acceptors (Lipinski definition) is 15. The van der Waals surface area contributed by atoms with E-state index in [0.29, 0.717) is 18.8 Å². The van der Waals surface area contributed by atoms with Gasteiger partial charge in [-0.3, -0.25) is 0 Å². The smallest absolute Gasteiger partial charge is 0.777 e. The van der Waals surface area contributed by atoms with Crippen LogP contribution in [0.25, 0.3) is 0 Å². The van der Waals surface area contributed by atoms with Crippen LogP contribution in [-0.2, 0) is 37.1 Å². The molecule has 2 atom stereocenters. The van der Waals surface area contributed by atoms with Crippen LogP contribution in [-0.4, -0.2) is 88.7 Å². The molecule has 1 heterocycles. The molecule has 1 aromatic rings. The molecule has 0 aliphatic carbocycles. The molecule has 0 amide bonds. The standard InChI is InChI=1S/C47H93N3O12P2.2Na/c1-4-6-8-10-12-14-16-18-20-22-24-26-28-30-32-55-36-40-61-63(51,52)42-57-34-38-59-45-44(3)46(50-47(48)49-45)60-39-35-58-43-64(53,54)62-41-37-56-33-31-29-27-25-23-21-19-17-15-13-11-9-7-5-2;;/h4-43H2,1-3H3,(H,51,52)(H,53,54)(H2,48,49,50);;/q;2*+1/p-2. The third-order valence-electron chi connectivity index (χ3n) is 10.8. The van der Waals surface area contributed by atoms with Gasteiger partial charge in [-0.15, -0.1) is 0 Å². The third kappa shape index (κ3) is 44.6. The monoisotopic (exact) mass is 998 g/mol. The predicted octanol–water partition coefficient (Wildman–Crippen LogP) is 5.22. The summed E-state index contributed by atoms with van der Waals surface area (Å²) in [6.07, 6.45) is 34.9. The van der Waals surface area contributed by atoms with E-state index in [1.54, 1.807) is 6.92 Å². The maximum Gasteiger partial charge on any atom is 1.00 e. The summed E-state index contributed by atoms with van der Waals surface area (Å²) in [5.74, 6) is 0.160. The van der Waals surface area contributed by atoms with Crippen molar-refractivity contribution in [2.24, 2.45) is 0 Å². The Morgan fingerprint density at radius 2 is 0.682 bits per heavy atom. The van der Waals surface area contributed by atoms with Crippen LogP contribution in [0.5, 0.6) is 11.8 Å². The second kappa shape index (κ2) is 49.2. The van der Waals surface area contributed by atoms with Gasteiger partial charge in [0, 0.05) is 13.2 Å². The number of aromatic nitrogens is 2. The molecule has 2 N–H and O–H groups in total. The fourth-order valence-electron chi connectivity index (χ4n) is 7.07. The molecule has 1 aromatic heterocycles. The third-order valence-corrected chi connectivity index (χ3v) is 13.0. The van der Waals surface area contributed by atoms with E-state index < -0.39 is 27.9 Å². The van der Waals surface area contributed by atoms with Gasteiger partial charge in [-0.05, 0) is 19.8 Å². The van der Waals surface area contributed by atoms with E-state index >= 15 is 0 Å². The first-order valence-corrected chi connectivity index (χ1v) is 28.7. The molecule has 0 saturated heterocycles. The minimum absolute atomic E-state index is 0. The van der Waals surface area contributed by atoms with Crippen LogP contribution in [0.3, 0.4) is 0 Å². The zero-order valence-corrected chi connectivity index (χ0v) is 48.3. The Labute approximate surface area is 445 Å². The maximum atomic E-state index is 12.2. The first kappa shape index (κ1) is 68.7. The van der Waals surface area contributed by atoms with Gasteiger partial charge < -0.3 is 62.1 Å². The van der Waals surface area contributed by atoms with Crippen LogP contribution in [0.1, 0.15) is 199 Å². The van der Waals surface area contributed by atoms with Crippen LogP contribution in [0.2, 0.25) is 0 Å². The molecule has 1 rings (SSSR count). The number of hydrogen-bond donors (Lipinski definition) is 1. The summed E-state index contributed by atoms with van der Waals surface area (Å²) in [4.78, 5) is 32.6. The molecule has 15 nitrogen and oxygen atoms in total. The summed E-state index contributed by atoms with van der Waals surface area (Å²) < 4.78 is 67.3. The Bertz CT molecular complexity index is 1220. The molecular formula is C47H91N3Na2O12P2. The summed E-state index contributed by atoms with van der Waals surface area (Å²) in [5.41, 5.74) is 6.26. The molecule has 0 aliphatic heterocycles. The van der Waals surface area contributed by atoms with Gasteiger partial charge in [0.05, 0.1) is 45.2 Å². The zero-order valence-electron chi connectivity index (χ0n) is 42.5. The van der Waals surface area contributed by atoms with Gasteiger partial charge in [0.25, 0.3) is 0 Å². The van der Waals surface area contributed by atoms with E-state index in [9.17, 15) is 18.9 Å². The minimum Gasteiger partial charge on any atom is -0.777 e. The van der Waals surface area contributed by atoms with Gasteiger partial charge in [-0.1, -0.05) is 181 Å². The van der Waals surface area contributed by atoms with Crippen molar-refractivity contribution in [1.82, 2.24) is 9.97 Å². The minimum atomic E-state index is -4.21. The molecule has 0 bridgehead atoms. The molecule has 0 aliphatic rings. The number of unbranched alkanes of at least 4 members (excludes halogenated alkanes) is 26. The first-order valence-electron chi connectivity index (χ1n) is 25.2. The first-order chi connectivity index (χ1) is 31.1. The Kier molecular flexibility index (Phi) is 51.2. The molecule has 19 heteroatoms. The topological polar surface area (TPSA) is 206 Å². The second-order valence-corrected chi connectivity index (χ2v) is 20.4. The van der Waals surface area contributed by atoms with Crippen LogP contribution in [0.4, 0.5) is 5.95 Å². The van der Waals surface area contributed by atoms with E-state index in [1.807, 2.05) is 0 Å². The number of nitrogens with two attached hydrogens (primary N) is 1. The van der Waals surface area contributed by atoms with Gasteiger partial charge in [-0.2, -0.15) is 9.97 Å². The van der Waals surface area contributed by atoms with Gasteiger partial charge in [0.2, 0.25) is 17.7 Å². The number of ether oxygens (including phenoxy) is 6. The molecule has 66 heavy (non-hydrogen) atoms. The fourth-order valence-corrected chi connectivity index (χ4v) is 8.63.